The number of rotatable bonds is 9. The highest BCUT2D eigenvalue weighted by Crippen LogP contribution is 2.23. The molecular weight excluding hydrogens is 438 g/mol. The van der Waals surface area contributed by atoms with E-state index in [-0.39, 0.29) is 12.5 Å². The topological polar surface area (TPSA) is 86.8 Å². The lowest BCUT2D eigenvalue weighted by molar-refractivity contribution is -0.139. The van der Waals surface area contributed by atoms with Gasteiger partial charge in [0.15, 0.2) is 0 Å². The number of para-hydroxylation sites is 1. The Balaban J connectivity index is 2.41. The summed E-state index contributed by atoms with van der Waals surface area (Å²) in [6, 6.07) is 13.1. The molecule has 9 heteroatoms. The molecule has 0 unspecified atom stereocenters. The highest BCUT2D eigenvalue weighted by molar-refractivity contribution is 7.92. The van der Waals surface area contributed by atoms with Crippen LogP contribution in [0.4, 0.5) is 5.69 Å². The van der Waals surface area contributed by atoms with Crippen LogP contribution in [-0.2, 0) is 26.2 Å². The van der Waals surface area contributed by atoms with Gasteiger partial charge in [-0.3, -0.25) is 13.9 Å². The van der Waals surface area contributed by atoms with Crippen LogP contribution in [0.3, 0.4) is 0 Å². The van der Waals surface area contributed by atoms with Crippen molar-refractivity contribution in [1.29, 1.82) is 0 Å². The monoisotopic (exact) mass is 465 g/mol. The molecule has 2 rings (SSSR count). The van der Waals surface area contributed by atoms with Crippen molar-refractivity contribution >= 4 is 39.1 Å². The Morgan fingerprint density at radius 3 is 2.29 bits per heavy atom. The summed E-state index contributed by atoms with van der Waals surface area (Å²) in [4.78, 5) is 27.2. The zero-order chi connectivity index (χ0) is 23.2. The first-order chi connectivity index (χ1) is 14.6. The van der Waals surface area contributed by atoms with Crippen LogP contribution in [0, 0.1) is 6.92 Å². The van der Waals surface area contributed by atoms with E-state index >= 15 is 0 Å². The molecule has 0 spiro atoms. The van der Waals surface area contributed by atoms with Crippen molar-refractivity contribution in [2.45, 2.75) is 33.4 Å². The van der Waals surface area contributed by atoms with Gasteiger partial charge in [0.2, 0.25) is 21.8 Å². The lowest BCUT2D eigenvalue weighted by Gasteiger charge is -2.32. The summed E-state index contributed by atoms with van der Waals surface area (Å²) in [5, 5.41) is 3.17. The molecule has 1 atom stereocenters. The minimum Gasteiger partial charge on any atom is -0.355 e. The molecule has 7 nitrogen and oxygen atoms in total. The van der Waals surface area contributed by atoms with Crippen LogP contribution in [0.1, 0.15) is 25.0 Å². The van der Waals surface area contributed by atoms with Gasteiger partial charge in [-0.15, -0.1) is 0 Å². The van der Waals surface area contributed by atoms with Crippen LogP contribution >= 0.6 is 11.6 Å². The summed E-state index contributed by atoms with van der Waals surface area (Å²) < 4.78 is 26.1. The average Bonchev–Trinajstić information content (AvgIpc) is 2.71. The number of halogens is 1. The van der Waals surface area contributed by atoms with Gasteiger partial charge in [-0.25, -0.2) is 8.42 Å². The average molecular weight is 466 g/mol. The number of anilines is 1. The number of nitrogens with zero attached hydrogens (tertiary/aromatic N) is 2. The molecule has 168 valence electrons. The van der Waals surface area contributed by atoms with Crippen molar-refractivity contribution in [1.82, 2.24) is 10.2 Å². The molecule has 2 aromatic carbocycles. The first-order valence-corrected chi connectivity index (χ1v) is 12.1. The molecular formula is C22H28ClN3O4S. The number of amides is 2. The molecule has 0 aliphatic rings. The normalized spacial score (nSPS) is 12.2. The van der Waals surface area contributed by atoms with E-state index in [0.29, 0.717) is 22.8 Å². The Morgan fingerprint density at radius 2 is 1.71 bits per heavy atom. The van der Waals surface area contributed by atoms with Crippen molar-refractivity contribution in [2.75, 3.05) is 23.7 Å². The number of likely N-dealkylation sites (N-methyl/N-ethyl adjacent to an activating group) is 1. The van der Waals surface area contributed by atoms with Crippen molar-refractivity contribution in [3.05, 3.63) is 64.7 Å². The number of aryl methyl sites for hydroxylation is 1. The maximum absolute atomic E-state index is 13.3. The molecule has 0 aromatic heterocycles. The molecule has 0 saturated heterocycles. The van der Waals surface area contributed by atoms with Gasteiger partial charge in [-0.05, 0) is 44.0 Å². The fraction of sp³-hybridized carbons (Fsp3) is 0.364. The fourth-order valence-electron chi connectivity index (χ4n) is 3.15. The van der Waals surface area contributed by atoms with Gasteiger partial charge in [0.05, 0.1) is 11.9 Å². The lowest BCUT2D eigenvalue weighted by atomic mass is 10.1. The van der Waals surface area contributed by atoms with Gasteiger partial charge in [-0.1, -0.05) is 48.0 Å². The number of nitrogens with one attached hydrogen (secondary N) is 1. The minimum atomic E-state index is -3.75. The summed E-state index contributed by atoms with van der Waals surface area (Å²) in [5.74, 6) is -0.836. The third kappa shape index (κ3) is 6.45. The predicted octanol–water partition coefficient (Wildman–Crippen LogP) is 2.97. The second-order valence-corrected chi connectivity index (χ2v) is 9.55. The zero-order valence-corrected chi connectivity index (χ0v) is 19.7. The first kappa shape index (κ1) is 24.7. The Morgan fingerprint density at radius 1 is 1.10 bits per heavy atom. The van der Waals surface area contributed by atoms with E-state index in [9.17, 15) is 18.0 Å². The van der Waals surface area contributed by atoms with E-state index in [0.717, 1.165) is 16.1 Å². The SMILES string of the molecule is CCNC(=O)[C@@H](C)N(Cc1ccccc1Cl)C(=O)CN(c1ccccc1C)S(C)(=O)=O. The van der Waals surface area contributed by atoms with E-state index in [1.807, 2.05) is 0 Å². The Kier molecular flexibility index (Phi) is 8.47. The van der Waals surface area contributed by atoms with Gasteiger partial charge in [0.1, 0.15) is 12.6 Å². The molecule has 0 aliphatic carbocycles. The number of benzene rings is 2. The van der Waals surface area contributed by atoms with Gasteiger partial charge >= 0.3 is 0 Å². The predicted molar refractivity (Wildman–Crippen MR) is 124 cm³/mol. The van der Waals surface area contributed by atoms with Crippen molar-refractivity contribution in [2.24, 2.45) is 0 Å². The van der Waals surface area contributed by atoms with Crippen molar-refractivity contribution < 1.29 is 18.0 Å². The smallest absolute Gasteiger partial charge is 0.244 e. The van der Waals surface area contributed by atoms with Crippen LogP contribution in [0.2, 0.25) is 5.02 Å². The van der Waals surface area contributed by atoms with E-state index in [4.69, 9.17) is 11.6 Å². The van der Waals surface area contributed by atoms with E-state index in [1.165, 1.54) is 4.90 Å². The standard InChI is InChI=1S/C22H28ClN3O4S/c1-5-24-22(28)17(3)25(14-18-11-7-8-12-19(18)23)21(27)15-26(31(4,29)30)20-13-9-6-10-16(20)2/h6-13,17H,5,14-15H2,1-4H3,(H,24,28)/t17-/m1/s1. The number of carbonyl (C=O) groups excluding carboxylic acids is 2. The number of carbonyl (C=O) groups is 2. The molecule has 2 aromatic rings. The minimum absolute atomic E-state index is 0.0716. The molecule has 0 fully saturated rings. The second-order valence-electron chi connectivity index (χ2n) is 7.24. The zero-order valence-electron chi connectivity index (χ0n) is 18.1. The maximum atomic E-state index is 13.3. The Labute approximate surface area is 189 Å². The second kappa shape index (κ2) is 10.6. The summed E-state index contributed by atoms with van der Waals surface area (Å²) in [6.45, 7) is 5.22. The quantitative estimate of drug-likeness (QED) is 0.616. The van der Waals surface area contributed by atoms with Crippen LogP contribution in [-0.4, -0.2) is 50.5 Å². The van der Waals surface area contributed by atoms with Gasteiger partial charge < -0.3 is 10.2 Å². The molecule has 0 aliphatic heterocycles. The number of sulfonamides is 1. The first-order valence-electron chi connectivity index (χ1n) is 9.90. The van der Waals surface area contributed by atoms with E-state index in [2.05, 4.69) is 5.32 Å². The Hall–Kier alpha value is -2.58. The highest BCUT2D eigenvalue weighted by atomic mass is 35.5. The third-order valence-electron chi connectivity index (χ3n) is 4.88. The molecule has 31 heavy (non-hydrogen) atoms. The summed E-state index contributed by atoms with van der Waals surface area (Å²) in [5.41, 5.74) is 1.80. The Bertz CT molecular complexity index is 1040. The molecule has 0 saturated carbocycles. The van der Waals surface area contributed by atoms with Gasteiger partial charge in [0, 0.05) is 18.1 Å². The van der Waals surface area contributed by atoms with E-state index < -0.39 is 28.5 Å². The molecule has 0 bridgehead atoms. The lowest BCUT2D eigenvalue weighted by Crippen LogP contribution is -2.51. The number of hydrogen-bond acceptors (Lipinski definition) is 4. The van der Waals surface area contributed by atoms with Crippen molar-refractivity contribution in [3.8, 4) is 0 Å². The summed E-state index contributed by atoms with van der Waals surface area (Å²) in [6.07, 6.45) is 1.05. The van der Waals surface area contributed by atoms with Gasteiger partial charge in [0.25, 0.3) is 0 Å². The molecule has 1 N–H and O–H groups in total. The van der Waals surface area contributed by atoms with E-state index in [1.54, 1.807) is 69.3 Å². The summed E-state index contributed by atoms with van der Waals surface area (Å²) >= 11 is 6.27. The molecule has 0 radical (unpaired) electrons. The third-order valence-corrected chi connectivity index (χ3v) is 6.38. The van der Waals surface area contributed by atoms with Crippen LogP contribution in [0.5, 0.6) is 0 Å². The van der Waals surface area contributed by atoms with Gasteiger partial charge in [-0.2, -0.15) is 0 Å². The van der Waals surface area contributed by atoms with Crippen LogP contribution in [0.25, 0.3) is 0 Å². The van der Waals surface area contributed by atoms with Crippen LogP contribution < -0.4 is 9.62 Å². The molecule has 2 amide bonds. The molecule has 0 heterocycles. The fourth-order valence-corrected chi connectivity index (χ4v) is 4.26. The summed E-state index contributed by atoms with van der Waals surface area (Å²) in [7, 11) is -3.75. The maximum Gasteiger partial charge on any atom is 0.244 e. The van der Waals surface area contributed by atoms with Crippen molar-refractivity contribution in [3.63, 3.8) is 0 Å². The largest absolute Gasteiger partial charge is 0.355 e. The number of hydrogen-bond donors (Lipinski definition) is 1. The highest BCUT2D eigenvalue weighted by Gasteiger charge is 2.30. The van der Waals surface area contributed by atoms with Crippen LogP contribution in [0.15, 0.2) is 48.5 Å².